The van der Waals surface area contributed by atoms with E-state index in [4.69, 9.17) is 15.9 Å². The second kappa shape index (κ2) is 6.82. The smallest absolute Gasteiger partial charge is 0.213 e. The highest BCUT2D eigenvalue weighted by Gasteiger charge is 1.98. The number of pyridine rings is 1. The van der Waals surface area contributed by atoms with Crippen molar-refractivity contribution in [3.8, 4) is 5.88 Å². The van der Waals surface area contributed by atoms with Crippen LogP contribution in [0.5, 0.6) is 5.88 Å². The Balaban J connectivity index is 2.29. The minimum absolute atomic E-state index is 0.0296. The number of ether oxygens (including phenoxy) is 1. The van der Waals surface area contributed by atoms with Gasteiger partial charge >= 0.3 is 0 Å². The molecule has 1 heterocycles. The minimum Gasteiger partial charge on any atom is -0.478 e. The average molecular weight is 221 g/mol. The first-order valence-corrected chi connectivity index (χ1v) is 5.67. The zero-order valence-corrected chi connectivity index (χ0v) is 9.70. The van der Waals surface area contributed by atoms with Crippen LogP contribution in [0.25, 0.3) is 0 Å². The van der Waals surface area contributed by atoms with Gasteiger partial charge in [-0.2, -0.15) is 0 Å². The van der Waals surface area contributed by atoms with Crippen LogP contribution in [0.3, 0.4) is 0 Å². The molecule has 1 aromatic rings. The van der Waals surface area contributed by atoms with E-state index in [1.54, 1.807) is 18.3 Å². The zero-order valence-electron chi connectivity index (χ0n) is 9.70. The Labute approximate surface area is 96.3 Å². The highest BCUT2D eigenvalue weighted by atomic mass is 16.5. The van der Waals surface area contributed by atoms with Crippen molar-refractivity contribution in [3.05, 3.63) is 23.9 Å². The van der Waals surface area contributed by atoms with Crippen LogP contribution in [0.15, 0.2) is 18.3 Å². The molecule has 0 fully saturated rings. The van der Waals surface area contributed by atoms with Gasteiger partial charge in [-0.15, -0.1) is 0 Å². The van der Waals surface area contributed by atoms with Gasteiger partial charge < -0.3 is 10.5 Å². The first kappa shape index (κ1) is 12.5. The van der Waals surface area contributed by atoms with Crippen molar-refractivity contribution in [3.63, 3.8) is 0 Å². The molecule has 0 saturated heterocycles. The Morgan fingerprint density at radius 2 is 2.19 bits per heavy atom. The molecule has 0 saturated carbocycles. The number of rotatable bonds is 7. The lowest BCUT2D eigenvalue weighted by Crippen LogP contribution is -2.11. The molecular weight excluding hydrogens is 202 g/mol. The van der Waals surface area contributed by atoms with Crippen molar-refractivity contribution in [2.45, 2.75) is 32.6 Å². The number of aromatic nitrogens is 1. The summed E-state index contributed by atoms with van der Waals surface area (Å²) in [6, 6.07) is 3.49. The predicted molar refractivity (Wildman–Crippen MR) is 64.9 cm³/mol. The average Bonchev–Trinajstić information content (AvgIpc) is 2.29. The maximum absolute atomic E-state index is 7.22. The van der Waals surface area contributed by atoms with Gasteiger partial charge in [-0.1, -0.05) is 26.2 Å². The summed E-state index contributed by atoms with van der Waals surface area (Å²) >= 11 is 0. The van der Waals surface area contributed by atoms with E-state index in [1.165, 1.54) is 19.3 Å². The van der Waals surface area contributed by atoms with E-state index in [0.29, 0.717) is 18.1 Å². The lowest BCUT2D eigenvalue weighted by atomic mass is 10.2. The highest BCUT2D eigenvalue weighted by Crippen LogP contribution is 2.08. The Kier molecular flexibility index (Phi) is 5.32. The van der Waals surface area contributed by atoms with Crippen LogP contribution in [-0.4, -0.2) is 17.4 Å². The van der Waals surface area contributed by atoms with Gasteiger partial charge in [-0.05, 0) is 12.5 Å². The number of nitrogens with one attached hydrogen (secondary N) is 1. The summed E-state index contributed by atoms with van der Waals surface area (Å²) in [5, 5.41) is 7.22. The topological polar surface area (TPSA) is 72.0 Å². The fraction of sp³-hybridized carbons (Fsp3) is 0.500. The Hall–Kier alpha value is -1.58. The fourth-order valence-electron chi connectivity index (χ4n) is 1.33. The number of hydrogen-bond donors (Lipinski definition) is 2. The van der Waals surface area contributed by atoms with E-state index in [1.807, 2.05) is 0 Å². The third-order valence-corrected chi connectivity index (χ3v) is 2.30. The molecule has 1 aromatic heterocycles. The zero-order chi connectivity index (χ0) is 11.8. The van der Waals surface area contributed by atoms with Crippen LogP contribution in [0.4, 0.5) is 0 Å². The van der Waals surface area contributed by atoms with E-state index in [0.717, 1.165) is 6.42 Å². The lowest BCUT2D eigenvalue weighted by Gasteiger charge is -2.05. The molecule has 0 amide bonds. The first-order valence-electron chi connectivity index (χ1n) is 5.67. The number of amidine groups is 1. The lowest BCUT2D eigenvalue weighted by molar-refractivity contribution is 0.294. The fourth-order valence-corrected chi connectivity index (χ4v) is 1.33. The number of unbranched alkanes of at least 4 members (excludes halogenated alkanes) is 3. The number of hydrogen-bond acceptors (Lipinski definition) is 3. The van der Waals surface area contributed by atoms with Crippen LogP contribution < -0.4 is 10.5 Å². The number of nitrogens with zero attached hydrogens (tertiary/aromatic N) is 1. The van der Waals surface area contributed by atoms with Crippen molar-refractivity contribution in [1.82, 2.24) is 4.98 Å². The Bertz CT molecular complexity index is 322. The maximum Gasteiger partial charge on any atom is 0.213 e. The largest absolute Gasteiger partial charge is 0.478 e. The molecule has 88 valence electrons. The molecule has 3 N–H and O–H groups in total. The van der Waals surface area contributed by atoms with Gasteiger partial charge in [0.2, 0.25) is 5.88 Å². The Morgan fingerprint density at radius 3 is 2.75 bits per heavy atom. The number of nitrogen functional groups attached to an aromatic ring is 1. The predicted octanol–water partition coefficient (Wildman–Crippen LogP) is 2.32. The van der Waals surface area contributed by atoms with Crippen molar-refractivity contribution in [1.29, 1.82) is 5.41 Å². The standard InChI is InChI=1S/C12H19N3O/c1-2-3-4-5-8-16-11-7-6-10(9-15-11)12(13)14/h6-7,9H,2-5,8H2,1H3,(H3,13,14). The van der Waals surface area contributed by atoms with Gasteiger partial charge in [0.25, 0.3) is 0 Å². The molecule has 1 rings (SSSR count). The van der Waals surface area contributed by atoms with Crippen LogP contribution in [0.2, 0.25) is 0 Å². The van der Waals surface area contributed by atoms with Crippen LogP contribution in [0.1, 0.15) is 38.2 Å². The van der Waals surface area contributed by atoms with E-state index in [9.17, 15) is 0 Å². The molecule has 0 radical (unpaired) electrons. The third-order valence-electron chi connectivity index (χ3n) is 2.30. The van der Waals surface area contributed by atoms with Crippen molar-refractivity contribution < 1.29 is 4.74 Å². The molecule has 0 spiro atoms. The molecule has 0 aliphatic rings. The van der Waals surface area contributed by atoms with Crippen molar-refractivity contribution in [2.24, 2.45) is 5.73 Å². The molecular formula is C12H19N3O. The molecule has 0 aliphatic carbocycles. The molecule has 4 nitrogen and oxygen atoms in total. The van der Waals surface area contributed by atoms with Gasteiger partial charge in [0.05, 0.1) is 6.61 Å². The van der Waals surface area contributed by atoms with Crippen LogP contribution in [-0.2, 0) is 0 Å². The van der Waals surface area contributed by atoms with Gasteiger partial charge in [-0.3, -0.25) is 5.41 Å². The third kappa shape index (κ3) is 4.29. The Morgan fingerprint density at radius 1 is 1.38 bits per heavy atom. The molecule has 4 heteroatoms. The summed E-state index contributed by atoms with van der Waals surface area (Å²) in [5.74, 6) is 0.628. The van der Waals surface area contributed by atoms with Gasteiger partial charge in [0.1, 0.15) is 5.84 Å². The maximum atomic E-state index is 7.22. The van der Waals surface area contributed by atoms with Crippen LogP contribution >= 0.6 is 0 Å². The molecule has 0 unspecified atom stereocenters. The van der Waals surface area contributed by atoms with Crippen molar-refractivity contribution >= 4 is 5.84 Å². The summed E-state index contributed by atoms with van der Waals surface area (Å²) in [6.45, 7) is 2.88. The summed E-state index contributed by atoms with van der Waals surface area (Å²) < 4.78 is 5.46. The summed E-state index contributed by atoms with van der Waals surface area (Å²) in [7, 11) is 0. The van der Waals surface area contributed by atoms with Crippen molar-refractivity contribution in [2.75, 3.05) is 6.61 Å². The monoisotopic (exact) mass is 221 g/mol. The van der Waals surface area contributed by atoms with Crippen LogP contribution in [0, 0.1) is 5.41 Å². The second-order valence-electron chi connectivity index (χ2n) is 3.71. The second-order valence-corrected chi connectivity index (χ2v) is 3.71. The molecule has 16 heavy (non-hydrogen) atoms. The summed E-state index contributed by atoms with van der Waals surface area (Å²) in [4.78, 5) is 4.07. The van der Waals surface area contributed by atoms with Gasteiger partial charge in [0, 0.05) is 17.8 Å². The normalized spacial score (nSPS) is 10.1. The first-order chi connectivity index (χ1) is 7.74. The summed E-state index contributed by atoms with van der Waals surface area (Å²) in [5.41, 5.74) is 5.94. The quantitative estimate of drug-likeness (QED) is 0.421. The highest BCUT2D eigenvalue weighted by molar-refractivity contribution is 5.94. The SMILES string of the molecule is CCCCCCOc1ccc(C(=N)N)cn1. The summed E-state index contributed by atoms with van der Waals surface area (Å²) in [6.07, 6.45) is 6.29. The van der Waals surface area contributed by atoms with Gasteiger partial charge in [-0.25, -0.2) is 4.98 Å². The van der Waals surface area contributed by atoms with E-state index in [2.05, 4.69) is 11.9 Å². The van der Waals surface area contributed by atoms with Gasteiger partial charge in [0.15, 0.2) is 0 Å². The molecule has 0 atom stereocenters. The molecule has 0 aromatic carbocycles. The van der Waals surface area contributed by atoms with E-state index in [-0.39, 0.29) is 5.84 Å². The van der Waals surface area contributed by atoms with E-state index >= 15 is 0 Å². The number of nitrogens with two attached hydrogens (primary N) is 1. The van der Waals surface area contributed by atoms with E-state index < -0.39 is 0 Å². The molecule has 0 bridgehead atoms. The molecule has 0 aliphatic heterocycles. The minimum atomic E-state index is 0.0296.